The number of benzene rings is 11. The number of anilines is 3. The van der Waals surface area contributed by atoms with Gasteiger partial charge in [-0.3, -0.25) is 0 Å². The summed E-state index contributed by atoms with van der Waals surface area (Å²) in [5.74, 6) is 0. The lowest BCUT2D eigenvalue weighted by atomic mass is 9.93. The van der Waals surface area contributed by atoms with E-state index in [0.29, 0.717) is 0 Å². The Labute approximate surface area is 327 Å². The van der Waals surface area contributed by atoms with Gasteiger partial charge in [0.1, 0.15) is 0 Å². The average molecular weight is 728 g/mol. The predicted molar refractivity (Wildman–Crippen MR) is 244 cm³/mol. The molecule has 12 aromatic rings. The lowest BCUT2D eigenvalue weighted by molar-refractivity contribution is 1.30. The van der Waals surface area contributed by atoms with Crippen molar-refractivity contribution in [1.82, 2.24) is 0 Å². The first-order chi connectivity index (χ1) is 27.8. The lowest BCUT2D eigenvalue weighted by Crippen LogP contribution is -2.10. The van der Waals surface area contributed by atoms with Crippen LogP contribution in [0.2, 0.25) is 0 Å². The van der Waals surface area contributed by atoms with Crippen LogP contribution in [0.5, 0.6) is 0 Å². The maximum absolute atomic E-state index is 2.44. The van der Waals surface area contributed by atoms with Crippen LogP contribution >= 0.6 is 11.3 Å². The first-order valence-corrected chi connectivity index (χ1v) is 20.1. The molecule has 0 saturated carbocycles. The molecule has 1 heterocycles. The molecule has 1 nitrogen and oxygen atoms in total. The van der Waals surface area contributed by atoms with E-state index in [1.807, 2.05) is 11.3 Å². The van der Waals surface area contributed by atoms with E-state index in [9.17, 15) is 0 Å². The van der Waals surface area contributed by atoms with Crippen LogP contribution in [0.25, 0.3) is 95.9 Å². The zero-order valence-corrected chi connectivity index (χ0v) is 31.2. The summed E-state index contributed by atoms with van der Waals surface area (Å²) in [5.41, 5.74) is 5.80. The molecule has 0 saturated heterocycles. The fraction of sp³-hybridized carbons (Fsp3) is 0. The van der Waals surface area contributed by atoms with Gasteiger partial charge in [-0.25, -0.2) is 0 Å². The van der Waals surface area contributed by atoms with Crippen LogP contribution in [0, 0.1) is 0 Å². The van der Waals surface area contributed by atoms with Gasteiger partial charge in [-0.15, -0.1) is 11.3 Å². The molecule has 12 rings (SSSR count). The van der Waals surface area contributed by atoms with Crippen LogP contribution in [-0.4, -0.2) is 0 Å². The monoisotopic (exact) mass is 727 g/mol. The Morgan fingerprint density at radius 3 is 1.07 bits per heavy atom. The number of fused-ring (bicyclic) bond motifs is 15. The summed E-state index contributed by atoms with van der Waals surface area (Å²) in [4.78, 5) is 2.44. The Morgan fingerprint density at radius 2 is 0.589 bits per heavy atom. The van der Waals surface area contributed by atoms with Crippen molar-refractivity contribution < 1.29 is 0 Å². The van der Waals surface area contributed by atoms with Gasteiger partial charge in [0.2, 0.25) is 0 Å². The molecular weight excluding hydrogens is 695 g/mol. The van der Waals surface area contributed by atoms with Crippen molar-refractivity contribution in [1.29, 1.82) is 0 Å². The normalized spacial score (nSPS) is 11.9. The summed E-state index contributed by atoms with van der Waals surface area (Å²) in [6.45, 7) is 0. The van der Waals surface area contributed by atoms with Crippen LogP contribution in [0.1, 0.15) is 0 Å². The molecular formula is C54H33NS. The Hall–Kier alpha value is -7.00. The SMILES string of the molecule is c1ccc2c(c1)sc1ccc(-c3ccc(N(c4ccc5c6ccccc6c6ccccc6c5c4)c4ccc5c6ccccc6c6ccccc6c5c4)cc3)cc12. The molecule has 11 aromatic carbocycles. The van der Waals surface area contributed by atoms with Crippen molar-refractivity contribution in [3.05, 3.63) is 200 Å². The minimum Gasteiger partial charge on any atom is -0.310 e. The van der Waals surface area contributed by atoms with E-state index in [4.69, 9.17) is 0 Å². The minimum atomic E-state index is 1.12. The van der Waals surface area contributed by atoms with Crippen LogP contribution in [0.3, 0.4) is 0 Å². The van der Waals surface area contributed by atoms with Crippen LogP contribution < -0.4 is 4.90 Å². The average Bonchev–Trinajstić information content (AvgIpc) is 3.65. The van der Waals surface area contributed by atoms with Gasteiger partial charge in [0.15, 0.2) is 0 Å². The van der Waals surface area contributed by atoms with Gasteiger partial charge in [-0.05, 0) is 130 Å². The molecule has 2 heteroatoms. The number of thiophene rings is 1. The van der Waals surface area contributed by atoms with Crippen molar-refractivity contribution in [2.45, 2.75) is 0 Å². The highest BCUT2D eigenvalue weighted by atomic mass is 32.1. The van der Waals surface area contributed by atoms with Crippen molar-refractivity contribution in [2.24, 2.45) is 0 Å². The van der Waals surface area contributed by atoms with Crippen LogP contribution in [0.15, 0.2) is 200 Å². The first kappa shape index (κ1) is 31.4. The fourth-order valence-corrected chi connectivity index (χ4v) is 10.3. The highest BCUT2D eigenvalue weighted by Crippen LogP contribution is 2.44. The number of hydrogen-bond donors (Lipinski definition) is 0. The van der Waals surface area contributed by atoms with Crippen molar-refractivity contribution in [2.75, 3.05) is 4.90 Å². The molecule has 260 valence electrons. The molecule has 0 atom stereocenters. The maximum atomic E-state index is 2.44. The first-order valence-electron chi connectivity index (χ1n) is 19.3. The van der Waals surface area contributed by atoms with Gasteiger partial charge in [0.05, 0.1) is 0 Å². The molecule has 0 unspecified atom stereocenters. The molecule has 0 amide bonds. The Kier molecular flexibility index (Phi) is 6.87. The van der Waals surface area contributed by atoms with E-state index >= 15 is 0 Å². The molecule has 0 aliphatic carbocycles. The van der Waals surface area contributed by atoms with E-state index < -0.39 is 0 Å². The van der Waals surface area contributed by atoms with Crippen LogP contribution in [-0.2, 0) is 0 Å². The van der Waals surface area contributed by atoms with Gasteiger partial charge in [0, 0.05) is 37.2 Å². The summed E-state index contributed by atoms with van der Waals surface area (Å²) in [6.07, 6.45) is 0. The fourth-order valence-electron chi connectivity index (χ4n) is 9.23. The molecule has 0 aliphatic heterocycles. The summed E-state index contributed by atoms with van der Waals surface area (Å²) in [5, 5.41) is 17.9. The summed E-state index contributed by atoms with van der Waals surface area (Å²) in [7, 11) is 0. The molecule has 0 radical (unpaired) electrons. The molecule has 0 aliphatic rings. The third-order valence-corrected chi connectivity index (χ3v) is 13.0. The number of hydrogen-bond acceptors (Lipinski definition) is 2. The predicted octanol–water partition coefficient (Wildman–Crippen LogP) is 16.1. The smallest absolute Gasteiger partial charge is 0.0468 e. The second-order valence-electron chi connectivity index (χ2n) is 14.8. The Balaban J connectivity index is 1.08. The van der Waals surface area contributed by atoms with E-state index in [1.54, 1.807) is 0 Å². The highest BCUT2D eigenvalue weighted by molar-refractivity contribution is 7.25. The zero-order valence-electron chi connectivity index (χ0n) is 30.4. The van der Waals surface area contributed by atoms with Gasteiger partial charge in [-0.1, -0.05) is 146 Å². The second kappa shape index (κ2) is 12.3. The quantitative estimate of drug-likeness (QED) is 0.163. The summed E-state index contributed by atoms with van der Waals surface area (Å²) < 4.78 is 2.66. The Bertz CT molecular complexity index is 3310. The summed E-state index contributed by atoms with van der Waals surface area (Å²) >= 11 is 1.86. The molecule has 0 bridgehead atoms. The van der Waals surface area contributed by atoms with Gasteiger partial charge >= 0.3 is 0 Å². The zero-order chi connectivity index (χ0) is 36.7. The molecule has 0 spiro atoms. The third kappa shape index (κ3) is 4.73. The maximum Gasteiger partial charge on any atom is 0.0468 e. The van der Waals surface area contributed by atoms with E-state index in [-0.39, 0.29) is 0 Å². The topological polar surface area (TPSA) is 3.24 Å². The van der Waals surface area contributed by atoms with Gasteiger partial charge in [0.25, 0.3) is 0 Å². The van der Waals surface area contributed by atoms with E-state index in [0.717, 1.165) is 17.1 Å². The number of nitrogens with zero attached hydrogens (tertiary/aromatic N) is 1. The van der Waals surface area contributed by atoms with E-state index in [2.05, 4.69) is 205 Å². The van der Waals surface area contributed by atoms with Gasteiger partial charge in [-0.2, -0.15) is 0 Å². The third-order valence-electron chi connectivity index (χ3n) is 11.8. The van der Waals surface area contributed by atoms with Crippen LogP contribution in [0.4, 0.5) is 17.1 Å². The Morgan fingerprint density at radius 1 is 0.232 bits per heavy atom. The molecule has 56 heavy (non-hydrogen) atoms. The standard InChI is InChI=1S/C54H33NS/c1-3-15-43-39(11-1)41-13-5-7-17-45(41)50-32-37(26-28-47(43)50)55(38-27-29-48-44-16-4-2-12-40(44)42-14-6-8-18-46(42)51(48)33-38)36-24-21-34(22-25-36)35-23-30-54-52(31-35)49-19-9-10-20-53(49)56-54/h1-33H. The molecule has 1 aromatic heterocycles. The molecule has 0 fully saturated rings. The summed E-state index contributed by atoms with van der Waals surface area (Å²) in [6, 6.07) is 74.1. The van der Waals surface area contributed by atoms with Crippen molar-refractivity contribution in [3.8, 4) is 11.1 Å². The highest BCUT2D eigenvalue weighted by Gasteiger charge is 2.18. The minimum absolute atomic E-state index is 1.12. The largest absolute Gasteiger partial charge is 0.310 e. The lowest BCUT2D eigenvalue weighted by Gasteiger charge is -2.27. The van der Waals surface area contributed by atoms with Crippen molar-refractivity contribution >= 4 is 113 Å². The van der Waals surface area contributed by atoms with E-state index in [1.165, 1.54) is 95.9 Å². The van der Waals surface area contributed by atoms with Gasteiger partial charge < -0.3 is 4.90 Å². The molecule has 0 N–H and O–H groups in total. The van der Waals surface area contributed by atoms with Crippen molar-refractivity contribution in [3.63, 3.8) is 0 Å². The second-order valence-corrected chi connectivity index (χ2v) is 15.9. The number of rotatable bonds is 4.